The number of carbonyl (C=O) groups is 4. The van der Waals surface area contributed by atoms with Gasteiger partial charge in [-0.1, -0.05) is 28.1 Å². The molecule has 8 N–H and O–H groups in total. The number of aromatic nitrogens is 3. The van der Waals surface area contributed by atoms with Gasteiger partial charge in [0.05, 0.1) is 6.07 Å². The number of nitrogens with one attached hydrogen (secondary N) is 2. The highest BCUT2D eigenvalue weighted by Crippen LogP contribution is 2.41. The standard InChI is InChI=1S/C28H30ClN9O7S2/c1-12(26(41)42)45-35-19(18-22(29)47-28(31)34-18)23(39)33-20-24(40)38-21(27(43)44)13(11-46-25(20)38)10-36-8-2-3-15-16(36)9-17(30)37(15)14-4-6-32-7-5-14/h2-3,8-9,12,14,20,25,30,32H,4-7,10-11H2,1H3,(H5,31,33,34,39,41,42,43,44)/p+1/t12-,20+,25?/m0/s1. The third-order valence-electron chi connectivity index (χ3n) is 8.18. The molecule has 0 aliphatic carbocycles. The molecule has 6 heterocycles. The van der Waals surface area contributed by atoms with Crippen LogP contribution in [0.1, 0.15) is 31.5 Å². The van der Waals surface area contributed by atoms with Gasteiger partial charge in [-0.25, -0.2) is 14.6 Å². The lowest BCUT2D eigenvalue weighted by atomic mass is 10.0. The Morgan fingerprint density at radius 2 is 2.04 bits per heavy atom. The van der Waals surface area contributed by atoms with Crippen LogP contribution in [0.5, 0.6) is 0 Å². The number of thioether (sulfide) groups is 1. The van der Waals surface area contributed by atoms with Crippen molar-refractivity contribution in [2.24, 2.45) is 5.16 Å². The molecule has 2 saturated heterocycles. The fourth-order valence-electron chi connectivity index (χ4n) is 5.92. The second kappa shape index (κ2) is 13.0. The zero-order valence-corrected chi connectivity index (χ0v) is 27.3. The van der Waals surface area contributed by atoms with Gasteiger partial charge in [-0.15, -0.1) is 11.8 Å². The number of carboxylic acids is 2. The maximum Gasteiger partial charge on any atom is 0.352 e. The van der Waals surface area contributed by atoms with E-state index in [1.54, 1.807) is 0 Å². The molecule has 1 unspecified atom stereocenters. The van der Waals surface area contributed by atoms with Crippen LogP contribution in [-0.4, -0.2) is 90.5 Å². The maximum atomic E-state index is 13.4. The Balaban J connectivity index is 1.24. The predicted molar refractivity (Wildman–Crippen MR) is 174 cm³/mol. The van der Waals surface area contributed by atoms with E-state index in [4.69, 9.17) is 33.0 Å². The molecule has 19 heteroatoms. The Bertz CT molecular complexity index is 1850. The van der Waals surface area contributed by atoms with Gasteiger partial charge in [-0.3, -0.25) is 14.5 Å². The molecule has 248 valence electrons. The minimum Gasteiger partial charge on any atom is -0.478 e. The van der Waals surface area contributed by atoms with Crippen molar-refractivity contribution in [1.82, 2.24) is 25.1 Å². The molecule has 2 fully saturated rings. The molecule has 6 rings (SSSR count). The summed E-state index contributed by atoms with van der Waals surface area (Å²) in [5, 5.41) is 28.3. The zero-order valence-electron chi connectivity index (χ0n) is 24.9. The number of β-lactam (4-membered cyclic amide) rings is 1. The van der Waals surface area contributed by atoms with Crippen LogP contribution in [0.3, 0.4) is 0 Å². The molecule has 3 aromatic rings. The molecule has 47 heavy (non-hydrogen) atoms. The number of nitrogens with two attached hydrogens (primary N) is 2. The van der Waals surface area contributed by atoms with Crippen LogP contribution in [0.15, 0.2) is 40.8 Å². The first-order valence-corrected chi connectivity index (χ1v) is 16.8. The summed E-state index contributed by atoms with van der Waals surface area (Å²) in [6, 6.07) is 4.90. The van der Waals surface area contributed by atoms with Gasteiger partial charge < -0.3 is 41.7 Å². The normalized spacial score (nSPS) is 20.9. The van der Waals surface area contributed by atoms with Crippen molar-refractivity contribution in [2.45, 2.75) is 49.9 Å². The number of halogens is 1. The van der Waals surface area contributed by atoms with E-state index in [0.717, 1.165) is 48.3 Å². The average Bonchev–Trinajstić information content (AvgIpc) is 3.56. The number of fused-ring (bicyclic) bond motifs is 2. The summed E-state index contributed by atoms with van der Waals surface area (Å²) in [5.74, 6) is -3.28. The highest BCUT2D eigenvalue weighted by molar-refractivity contribution is 8.00. The molecule has 0 bridgehead atoms. The second-order valence-electron chi connectivity index (χ2n) is 11.1. The van der Waals surface area contributed by atoms with Gasteiger partial charge in [-0.2, -0.15) is 4.57 Å². The van der Waals surface area contributed by atoms with E-state index in [1.165, 1.54) is 23.6 Å². The number of amides is 2. The third kappa shape index (κ3) is 6.08. The lowest BCUT2D eigenvalue weighted by Crippen LogP contribution is -2.71. The number of hydrogen-bond donors (Lipinski definition) is 6. The molecule has 3 aliphatic rings. The molecular weight excluding hydrogens is 674 g/mol. The predicted octanol–water partition coefficient (Wildman–Crippen LogP) is 0.760. The number of nitrogen functional groups attached to an aromatic ring is 2. The van der Waals surface area contributed by atoms with Crippen molar-refractivity contribution < 1.29 is 38.8 Å². The summed E-state index contributed by atoms with van der Waals surface area (Å²) >= 11 is 8.35. The number of aliphatic carboxylic acids is 2. The molecule has 16 nitrogen and oxygen atoms in total. The highest BCUT2D eigenvalue weighted by Gasteiger charge is 2.55. The molecule has 0 saturated carbocycles. The quantitative estimate of drug-likeness (QED) is 0.0744. The number of thiazole rings is 1. The highest BCUT2D eigenvalue weighted by atomic mass is 35.5. The van der Waals surface area contributed by atoms with Gasteiger partial charge in [-0.05, 0) is 38.9 Å². The SMILES string of the molecule is C[C@H](ON=C(C(=O)N[C@@H]1C(=O)N2C(C(=O)O)=C(C[n+]3cccc4c3cc(N)n4C3CCNCC3)CSC12)c1nc(N)sc1Cl)C(=O)O. The van der Waals surface area contributed by atoms with Crippen LogP contribution in [-0.2, 0) is 30.6 Å². The number of hydrogen-bond acceptors (Lipinski definition) is 12. The van der Waals surface area contributed by atoms with Crippen LogP contribution in [0.25, 0.3) is 11.0 Å². The summed E-state index contributed by atoms with van der Waals surface area (Å²) in [6.07, 6.45) is 2.32. The summed E-state index contributed by atoms with van der Waals surface area (Å²) in [5.41, 5.74) is 13.7. The number of piperidine rings is 1. The van der Waals surface area contributed by atoms with Crippen LogP contribution in [0, 0.1) is 0 Å². The van der Waals surface area contributed by atoms with Crippen molar-refractivity contribution in [3.63, 3.8) is 0 Å². The first-order valence-electron chi connectivity index (χ1n) is 14.6. The number of pyridine rings is 1. The van der Waals surface area contributed by atoms with E-state index in [0.29, 0.717) is 11.4 Å². The van der Waals surface area contributed by atoms with E-state index in [1.807, 2.05) is 29.0 Å². The minimum absolute atomic E-state index is 0.00214. The van der Waals surface area contributed by atoms with Crippen molar-refractivity contribution >= 4 is 86.1 Å². The first-order chi connectivity index (χ1) is 22.5. The van der Waals surface area contributed by atoms with E-state index in [2.05, 4.69) is 25.3 Å². The molecule has 3 aliphatic heterocycles. The fraction of sp³-hybridized carbons (Fsp3) is 0.393. The Morgan fingerprint density at radius 3 is 2.70 bits per heavy atom. The van der Waals surface area contributed by atoms with Crippen molar-refractivity contribution in [1.29, 1.82) is 0 Å². The molecule has 3 atom stereocenters. The number of anilines is 2. The number of carbonyl (C=O) groups excluding carboxylic acids is 2. The second-order valence-corrected chi connectivity index (χ2v) is 13.9. The van der Waals surface area contributed by atoms with Crippen LogP contribution >= 0.6 is 34.7 Å². The van der Waals surface area contributed by atoms with E-state index in [9.17, 15) is 24.3 Å². The largest absolute Gasteiger partial charge is 0.478 e. The summed E-state index contributed by atoms with van der Waals surface area (Å²) in [6.45, 7) is 3.21. The summed E-state index contributed by atoms with van der Waals surface area (Å²) in [7, 11) is 0. The van der Waals surface area contributed by atoms with E-state index < -0.39 is 47.0 Å². The summed E-state index contributed by atoms with van der Waals surface area (Å²) in [4.78, 5) is 60.7. The van der Waals surface area contributed by atoms with Crippen LogP contribution in [0.2, 0.25) is 4.34 Å². The van der Waals surface area contributed by atoms with Gasteiger partial charge >= 0.3 is 11.9 Å². The Hall–Kier alpha value is -4.39. The zero-order chi connectivity index (χ0) is 33.6. The van der Waals surface area contributed by atoms with E-state index in [-0.39, 0.29) is 39.2 Å². The first kappa shape index (κ1) is 32.5. The van der Waals surface area contributed by atoms with Gasteiger partial charge in [0.25, 0.3) is 11.8 Å². The number of carboxylic acid groups (broad SMARTS) is 2. The van der Waals surface area contributed by atoms with Gasteiger partial charge in [0.15, 0.2) is 23.6 Å². The Labute approximate surface area is 280 Å². The number of oxime groups is 1. The van der Waals surface area contributed by atoms with E-state index >= 15 is 0 Å². The Kier molecular flexibility index (Phi) is 9.01. The van der Waals surface area contributed by atoms with Gasteiger partial charge in [0.1, 0.15) is 38.5 Å². The van der Waals surface area contributed by atoms with Crippen LogP contribution in [0.4, 0.5) is 10.9 Å². The van der Waals surface area contributed by atoms with Crippen LogP contribution < -0.4 is 26.7 Å². The lowest BCUT2D eigenvalue weighted by Gasteiger charge is -2.49. The molecule has 0 radical (unpaired) electrons. The number of rotatable bonds is 10. The Morgan fingerprint density at radius 1 is 1.30 bits per heavy atom. The van der Waals surface area contributed by atoms with Gasteiger partial charge in [0, 0.05) is 23.4 Å². The smallest absolute Gasteiger partial charge is 0.352 e. The molecule has 0 aromatic carbocycles. The van der Waals surface area contributed by atoms with Gasteiger partial charge in [0.2, 0.25) is 11.6 Å². The topological polar surface area (TPSA) is 231 Å². The van der Waals surface area contributed by atoms with Crippen molar-refractivity contribution in [3.8, 4) is 0 Å². The molecule has 2 amide bonds. The maximum absolute atomic E-state index is 13.4. The van der Waals surface area contributed by atoms with Crippen molar-refractivity contribution in [2.75, 3.05) is 30.3 Å². The third-order valence-corrected chi connectivity index (χ3v) is 10.6. The van der Waals surface area contributed by atoms with Crippen molar-refractivity contribution in [3.05, 3.63) is 45.7 Å². The minimum atomic E-state index is -1.41. The molecular formula is C28H31ClN9O7S2+. The monoisotopic (exact) mass is 704 g/mol. The fourth-order valence-corrected chi connectivity index (χ4v) is 8.19. The lowest BCUT2D eigenvalue weighted by molar-refractivity contribution is -0.663. The molecule has 0 spiro atoms. The average molecular weight is 705 g/mol. The molecule has 3 aromatic heterocycles. The summed E-state index contributed by atoms with van der Waals surface area (Å²) < 4.78 is 4.06. The number of nitrogens with zero attached hydrogens (tertiary/aromatic N) is 5.